The predicted octanol–water partition coefficient (Wildman–Crippen LogP) is 3.30. The highest BCUT2D eigenvalue weighted by Crippen LogP contribution is 2.28. The molecule has 2 heterocycles. The third-order valence-corrected chi connectivity index (χ3v) is 4.10. The van der Waals surface area contributed by atoms with Gasteiger partial charge in [-0.15, -0.1) is 0 Å². The highest BCUT2D eigenvalue weighted by Gasteiger charge is 2.19. The first-order valence-electron chi connectivity index (χ1n) is 6.04. The molecule has 0 bridgehead atoms. The summed E-state index contributed by atoms with van der Waals surface area (Å²) in [5, 5.41) is 15.3. The van der Waals surface area contributed by atoms with Crippen molar-refractivity contribution in [1.82, 2.24) is 14.8 Å². The van der Waals surface area contributed by atoms with Crippen LogP contribution in [-0.4, -0.2) is 19.9 Å². The molecular formula is C13H15BrClN3O. The zero-order valence-electron chi connectivity index (χ0n) is 10.8. The van der Waals surface area contributed by atoms with Crippen molar-refractivity contribution in [1.29, 1.82) is 0 Å². The molecule has 0 aliphatic carbocycles. The van der Waals surface area contributed by atoms with Crippen molar-refractivity contribution in [3.8, 4) is 0 Å². The fraction of sp³-hybridized carbons (Fsp3) is 0.385. The van der Waals surface area contributed by atoms with Crippen LogP contribution in [0.1, 0.15) is 30.1 Å². The normalized spacial score (nSPS) is 12.7. The second-order valence-corrected chi connectivity index (χ2v) is 5.48. The molecule has 0 spiro atoms. The monoisotopic (exact) mass is 343 g/mol. The number of nitrogens with zero attached hydrogens (tertiary/aromatic N) is 3. The van der Waals surface area contributed by atoms with E-state index in [1.54, 1.807) is 6.20 Å². The van der Waals surface area contributed by atoms with Gasteiger partial charge in [0.1, 0.15) is 6.10 Å². The fourth-order valence-electron chi connectivity index (χ4n) is 1.99. The average Bonchev–Trinajstić information content (AvgIpc) is 2.67. The lowest BCUT2D eigenvalue weighted by Crippen LogP contribution is -2.10. The van der Waals surface area contributed by atoms with Crippen LogP contribution >= 0.6 is 27.5 Å². The Balaban J connectivity index is 2.29. The van der Waals surface area contributed by atoms with Gasteiger partial charge in [-0.2, -0.15) is 5.10 Å². The number of halogens is 2. The van der Waals surface area contributed by atoms with Crippen LogP contribution in [0.2, 0.25) is 5.02 Å². The summed E-state index contributed by atoms with van der Waals surface area (Å²) in [5.74, 6) is 0. The van der Waals surface area contributed by atoms with Crippen LogP contribution in [0.5, 0.6) is 0 Å². The highest BCUT2D eigenvalue weighted by atomic mass is 79.9. The summed E-state index contributed by atoms with van der Waals surface area (Å²) in [6, 6.07) is 3.67. The van der Waals surface area contributed by atoms with Gasteiger partial charge in [0, 0.05) is 23.6 Å². The predicted molar refractivity (Wildman–Crippen MR) is 78.2 cm³/mol. The van der Waals surface area contributed by atoms with Gasteiger partial charge in [0.25, 0.3) is 0 Å². The molecule has 102 valence electrons. The minimum absolute atomic E-state index is 0.392. The lowest BCUT2D eigenvalue weighted by atomic mass is 10.1. The number of hydrogen-bond acceptors (Lipinski definition) is 3. The largest absolute Gasteiger partial charge is 0.386 e. The molecule has 19 heavy (non-hydrogen) atoms. The molecule has 1 unspecified atom stereocenters. The Morgan fingerprint density at radius 1 is 1.53 bits per heavy atom. The van der Waals surface area contributed by atoms with E-state index in [-0.39, 0.29) is 0 Å². The summed E-state index contributed by atoms with van der Waals surface area (Å²) in [5.41, 5.74) is 2.23. The average molecular weight is 345 g/mol. The van der Waals surface area contributed by atoms with E-state index in [1.807, 2.05) is 30.7 Å². The maximum atomic E-state index is 10.3. The van der Waals surface area contributed by atoms with E-state index in [9.17, 15) is 5.11 Å². The molecular weight excluding hydrogens is 330 g/mol. The standard InChI is InChI=1S/C13H15BrClN3O/c1-3-18-10(12(15)8(2)17-18)7-11(19)13-9(14)5-4-6-16-13/h4-6,11,19H,3,7H2,1-2H3. The molecule has 4 nitrogen and oxygen atoms in total. The minimum atomic E-state index is -0.713. The molecule has 0 saturated carbocycles. The van der Waals surface area contributed by atoms with E-state index >= 15 is 0 Å². The van der Waals surface area contributed by atoms with Crippen LogP contribution in [0.15, 0.2) is 22.8 Å². The molecule has 0 fully saturated rings. The molecule has 0 radical (unpaired) electrons. The van der Waals surface area contributed by atoms with Crippen molar-refractivity contribution in [3.63, 3.8) is 0 Å². The number of aromatic nitrogens is 3. The van der Waals surface area contributed by atoms with Crippen molar-refractivity contribution in [2.75, 3.05) is 0 Å². The smallest absolute Gasteiger partial charge is 0.103 e. The molecule has 2 rings (SSSR count). The van der Waals surface area contributed by atoms with Crippen molar-refractivity contribution < 1.29 is 5.11 Å². The number of aryl methyl sites for hydroxylation is 2. The summed E-state index contributed by atoms with van der Waals surface area (Å²) in [6.07, 6.45) is 1.34. The quantitative estimate of drug-likeness (QED) is 0.926. The van der Waals surface area contributed by atoms with Gasteiger partial charge in [-0.25, -0.2) is 0 Å². The van der Waals surface area contributed by atoms with Crippen LogP contribution in [0.3, 0.4) is 0 Å². The van der Waals surface area contributed by atoms with Gasteiger partial charge in [0.05, 0.1) is 22.1 Å². The lowest BCUT2D eigenvalue weighted by Gasteiger charge is -2.13. The van der Waals surface area contributed by atoms with Crippen LogP contribution in [0, 0.1) is 6.92 Å². The first kappa shape index (κ1) is 14.5. The highest BCUT2D eigenvalue weighted by molar-refractivity contribution is 9.10. The first-order valence-corrected chi connectivity index (χ1v) is 7.22. The molecule has 6 heteroatoms. The van der Waals surface area contributed by atoms with Crippen LogP contribution < -0.4 is 0 Å². The van der Waals surface area contributed by atoms with Gasteiger partial charge < -0.3 is 5.11 Å². The maximum Gasteiger partial charge on any atom is 0.103 e. The Bertz CT molecular complexity index is 585. The lowest BCUT2D eigenvalue weighted by molar-refractivity contribution is 0.170. The molecule has 1 N–H and O–H groups in total. The van der Waals surface area contributed by atoms with Gasteiger partial charge in [-0.3, -0.25) is 9.67 Å². The van der Waals surface area contributed by atoms with E-state index in [0.29, 0.717) is 17.1 Å². The van der Waals surface area contributed by atoms with Gasteiger partial charge in [0.2, 0.25) is 0 Å². The summed E-state index contributed by atoms with van der Waals surface area (Å²) < 4.78 is 2.61. The topological polar surface area (TPSA) is 50.9 Å². The number of aliphatic hydroxyl groups excluding tert-OH is 1. The van der Waals surface area contributed by atoms with Gasteiger partial charge in [-0.1, -0.05) is 11.6 Å². The second-order valence-electron chi connectivity index (χ2n) is 4.25. The Kier molecular flexibility index (Phi) is 4.60. The van der Waals surface area contributed by atoms with Crippen molar-refractivity contribution in [2.45, 2.75) is 32.9 Å². The summed E-state index contributed by atoms with van der Waals surface area (Å²) >= 11 is 9.63. The van der Waals surface area contributed by atoms with E-state index in [1.165, 1.54) is 0 Å². The molecule has 0 aliphatic heterocycles. The Hall–Kier alpha value is -0.910. The van der Waals surface area contributed by atoms with Crippen molar-refractivity contribution in [3.05, 3.63) is 44.9 Å². The van der Waals surface area contributed by atoms with Crippen molar-refractivity contribution in [2.24, 2.45) is 0 Å². The Morgan fingerprint density at radius 2 is 2.26 bits per heavy atom. The zero-order chi connectivity index (χ0) is 14.0. The molecule has 2 aromatic heterocycles. The fourth-order valence-corrected chi connectivity index (χ4v) is 2.72. The third kappa shape index (κ3) is 2.99. The maximum absolute atomic E-state index is 10.3. The summed E-state index contributed by atoms with van der Waals surface area (Å²) in [4.78, 5) is 4.20. The van der Waals surface area contributed by atoms with E-state index < -0.39 is 6.10 Å². The number of rotatable bonds is 4. The Labute approximate surface area is 125 Å². The first-order chi connectivity index (χ1) is 9.04. The van der Waals surface area contributed by atoms with Gasteiger partial charge in [-0.05, 0) is 41.9 Å². The number of aliphatic hydroxyl groups is 1. The van der Waals surface area contributed by atoms with E-state index in [2.05, 4.69) is 26.0 Å². The van der Waals surface area contributed by atoms with Crippen LogP contribution in [-0.2, 0) is 13.0 Å². The Morgan fingerprint density at radius 3 is 2.89 bits per heavy atom. The summed E-state index contributed by atoms with van der Waals surface area (Å²) in [7, 11) is 0. The van der Waals surface area contributed by atoms with Crippen LogP contribution in [0.4, 0.5) is 0 Å². The summed E-state index contributed by atoms with van der Waals surface area (Å²) in [6.45, 7) is 4.58. The van der Waals surface area contributed by atoms with Crippen molar-refractivity contribution >= 4 is 27.5 Å². The molecule has 2 aromatic rings. The second kappa shape index (κ2) is 6.03. The third-order valence-electron chi connectivity index (χ3n) is 2.94. The number of hydrogen-bond donors (Lipinski definition) is 1. The molecule has 0 aromatic carbocycles. The molecule has 0 aliphatic rings. The SMILES string of the molecule is CCn1nc(C)c(Cl)c1CC(O)c1ncccc1Br. The minimum Gasteiger partial charge on any atom is -0.386 e. The zero-order valence-corrected chi connectivity index (χ0v) is 13.1. The van der Waals surface area contributed by atoms with Crippen LogP contribution in [0.25, 0.3) is 0 Å². The van der Waals surface area contributed by atoms with E-state index in [4.69, 9.17) is 11.6 Å². The van der Waals surface area contributed by atoms with Gasteiger partial charge >= 0.3 is 0 Å². The number of pyridine rings is 1. The van der Waals surface area contributed by atoms with Gasteiger partial charge in [0.15, 0.2) is 0 Å². The molecule has 1 atom stereocenters. The van der Waals surface area contributed by atoms with E-state index in [0.717, 1.165) is 22.4 Å². The molecule has 0 amide bonds. The molecule has 0 saturated heterocycles.